The molecule has 73 heavy (non-hydrogen) atoms. The van der Waals surface area contributed by atoms with Crippen molar-refractivity contribution < 1.29 is 69.7 Å². The van der Waals surface area contributed by atoms with Crippen molar-refractivity contribution in [3.63, 3.8) is 0 Å². The maximum Gasteiger partial charge on any atom is 0.418 e. The van der Waals surface area contributed by atoms with E-state index >= 15 is 0 Å². The van der Waals surface area contributed by atoms with Crippen LogP contribution >= 0.6 is 11.3 Å². The number of thiazole rings is 1. The Kier molecular flexibility index (Phi) is 17.3. The van der Waals surface area contributed by atoms with Gasteiger partial charge in [0.2, 0.25) is 12.3 Å². The highest BCUT2D eigenvalue weighted by Crippen LogP contribution is 2.33. The van der Waals surface area contributed by atoms with Gasteiger partial charge in [-0.25, -0.2) is 19.4 Å². The third-order valence-corrected chi connectivity index (χ3v) is 11.6. The fraction of sp³-hybridized carbons (Fsp3) is 0.388. The van der Waals surface area contributed by atoms with Gasteiger partial charge in [0.25, 0.3) is 11.8 Å². The fourth-order valence-corrected chi connectivity index (χ4v) is 8.25. The van der Waals surface area contributed by atoms with Crippen LogP contribution in [0.15, 0.2) is 108 Å². The number of carbonyl (C=O) groups excluding carboxylic acids is 5. The molecule has 1 saturated heterocycles. The largest absolute Gasteiger partial charge is 0.475 e. The first kappa shape index (κ1) is 54.9. The molecule has 3 heterocycles. The zero-order chi connectivity index (χ0) is 53.3. The number of hydrogen-bond acceptors (Lipinski definition) is 16. The van der Waals surface area contributed by atoms with Crippen LogP contribution < -0.4 is 25.4 Å². The summed E-state index contributed by atoms with van der Waals surface area (Å²) in [6, 6.07) is 23.6. The number of oxime groups is 1. The van der Waals surface area contributed by atoms with Gasteiger partial charge in [-0.2, -0.15) is 18.2 Å². The number of aryl methyl sites for hydroxylation is 2. The summed E-state index contributed by atoms with van der Waals surface area (Å²) in [4.78, 5) is 76.2. The number of rotatable bonds is 20. The molecular formula is C49H59N8O14S2+. The van der Waals surface area contributed by atoms with E-state index in [-0.39, 0.29) is 16.6 Å². The number of hydrogen-bond donors (Lipinski definition) is 4. The fourth-order valence-electron chi connectivity index (χ4n) is 7.12. The third-order valence-electron chi connectivity index (χ3n) is 10.5. The summed E-state index contributed by atoms with van der Waals surface area (Å²) >= 11 is 0.904. The molecule has 0 bridgehead atoms. The molecule has 24 heteroatoms. The average Bonchev–Trinajstić information content (AvgIpc) is 3.93. The monoisotopic (exact) mass is 1050 g/mol. The Hall–Kier alpha value is -7.41. The zero-order valence-corrected chi connectivity index (χ0v) is 43.3. The Morgan fingerprint density at radius 1 is 0.890 bits per heavy atom. The number of alkyl carbamates (subject to hydrolysis) is 1. The number of hydroxylamine groups is 2. The molecule has 6 rings (SSSR count). The van der Waals surface area contributed by atoms with E-state index in [9.17, 15) is 36.9 Å². The Morgan fingerprint density at radius 2 is 1.49 bits per heavy atom. The van der Waals surface area contributed by atoms with Gasteiger partial charge in [0.05, 0.1) is 23.8 Å². The number of carbonyl (C=O) groups is 5. The molecule has 1 aliphatic heterocycles. The summed E-state index contributed by atoms with van der Waals surface area (Å²) in [6.07, 6.45) is 0.806. The van der Waals surface area contributed by atoms with Gasteiger partial charge in [0, 0.05) is 11.9 Å². The van der Waals surface area contributed by atoms with Crippen LogP contribution in [0, 0.1) is 0 Å². The first-order chi connectivity index (χ1) is 34.3. The van der Waals surface area contributed by atoms with Crippen molar-refractivity contribution in [2.24, 2.45) is 12.2 Å². The van der Waals surface area contributed by atoms with Crippen LogP contribution in [0.4, 0.5) is 14.7 Å². The molecule has 4 N–H and O–H groups in total. The number of esters is 1. The first-order valence-electron chi connectivity index (χ1n) is 22.8. The molecular weight excluding hydrogens is 989 g/mol. The van der Waals surface area contributed by atoms with Crippen LogP contribution in [-0.2, 0) is 61.7 Å². The molecule has 1 fully saturated rings. The molecule has 0 radical (unpaired) electrons. The molecule has 0 saturated carbocycles. The minimum absolute atomic E-state index is 0.00320. The van der Waals surface area contributed by atoms with Gasteiger partial charge in [-0.1, -0.05) is 78.0 Å². The van der Waals surface area contributed by atoms with E-state index in [0.717, 1.165) is 22.5 Å². The van der Waals surface area contributed by atoms with Crippen LogP contribution in [0.1, 0.15) is 84.7 Å². The number of nitrogens with one attached hydrogen (secondary N) is 3. The van der Waals surface area contributed by atoms with E-state index < -0.39 is 87.7 Å². The van der Waals surface area contributed by atoms with Crippen LogP contribution in [0.25, 0.3) is 11.1 Å². The summed E-state index contributed by atoms with van der Waals surface area (Å²) in [5.74, 6) is -2.70. The summed E-state index contributed by atoms with van der Waals surface area (Å²) in [6.45, 7) is 13.5. The Morgan fingerprint density at radius 3 is 2.07 bits per heavy atom. The Bertz CT molecular complexity index is 2860. The van der Waals surface area contributed by atoms with Crippen LogP contribution in [0.3, 0.4) is 0 Å². The zero-order valence-electron chi connectivity index (χ0n) is 41.7. The SMILES string of the molecule is C[n+]1cc(-c2ccc(OC(CON=C(C(=O)N[C@@H]3C(=O)N(OS(=O)(=O)O)C3(C)C)c3csc(NC(=O)OC(C)(C)C)n3)C(=O)OC(c3ccccc3)c3ccccc3)cc2)cn1CCCNC(=O)OC(C)(C)C. The van der Waals surface area contributed by atoms with Gasteiger partial charge in [0.15, 0.2) is 30.6 Å². The highest BCUT2D eigenvalue weighted by Gasteiger charge is 2.58. The molecule has 0 spiro atoms. The molecule has 1 unspecified atom stereocenters. The minimum atomic E-state index is -5.10. The van der Waals surface area contributed by atoms with Gasteiger partial charge in [-0.3, -0.25) is 19.5 Å². The quantitative estimate of drug-likeness (QED) is 0.0101. The number of benzene rings is 3. The van der Waals surface area contributed by atoms with Crippen molar-refractivity contribution in [2.75, 3.05) is 18.5 Å². The van der Waals surface area contributed by atoms with Gasteiger partial charge in [-0.15, -0.1) is 20.3 Å². The molecule has 4 amide bonds. The number of amides is 4. The number of ether oxygens (including phenoxy) is 4. The molecule has 2 atom stereocenters. The van der Waals surface area contributed by atoms with E-state index in [4.69, 9.17) is 23.8 Å². The maximum atomic E-state index is 14.4. The van der Waals surface area contributed by atoms with Crippen molar-refractivity contribution in [2.45, 2.75) is 103 Å². The second-order valence-corrected chi connectivity index (χ2v) is 21.0. The van der Waals surface area contributed by atoms with Crippen molar-refractivity contribution in [1.82, 2.24) is 25.4 Å². The van der Waals surface area contributed by atoms with Crippen molar-refractivity contribution in [1.29, 1.82) is 0 Å². The topological polar surface area (TPSA) is 268 Å². The lowest BCUT2D eigenvalue weighted by molar-refractivity contribution is -0.753. The molecule has 0 aliphatic carbocycles. The summed E-state index contributed by atoms with van der Waals surface area (Å²) < 4.78 is 63.6. The van der Waals surface area contributed by atoms with Gasteiger partial charge >= 0.3 is 28.6 Å². The van der Waals surface area contributed by atoms with Crippen LogP contribution in [0.2, 0.25) is 0 Å². The molecule has 3 aromatic carbocycles. The van der Waals surface area contributed by atoms with Gasteiger partial charge < -0.3 is 34.4 Å². The van der Waals surface area contributed by atoms with Crippen molar-refractivity contribution in [3.05, 3.63) is 120 Å². The standard InChI is InChI=1S/C49H58N8O14S2/c1-47(2,3)69-45(61)50-25-16-26-56-28-34(27-55(56)9)31-21-23-35(24-22-31)67-37(43(60)68-39(32-17-12-10-13-18-32)33-19-14-11-15-20-33)29-66-54-38(36-30-72-44(51-36)53-46(62)70-48(4,5)6)41(58)52-40-42(59)57(49(40,7)8)71-73(63,64)65/h10-15,17-24,27-28,30,37,39-40H,16,25-26,29H2,1-9H3,(H3-,50,51,52,53,58,61,62,63,64,65)/p+1/t37?,40-/m1/s1. The van der Waals surface area contributed by atoms with Crippen molar-refractivity contribution in [3.8, 4) is 16.9 Å². The lowest BCUT2D eigenvalue weighted by atomic mass is 9.84. The molecule has 22 nitrogen and oxygen atoms in total. The van der Waals surface area contributed by atoms with E-state index in [2.05, 4.69) is 30.4 Å². The lowest BCUT2D eigenvalue weighted by Gasteiger charge is -2.50. The summed E-state index contributed by atoms with van der Waals surface area (Å²) in [5.41, 5.74) is -0.611. The predicted molar refractivity (Wildman–Crippen MR) is 265 cm³/mol. The minimum Gasteiger partial charge on any atom is -0.475 e. The second kappa shape index (κ2) is 23.0. The van der Waals surface area contributed by atoms with E-state index in [1.165, 1.54) is 19.2 Å². The molecule has 2 aromatic heterocycles. The van der Waals surface area contributed by atoms with Crippen LogP contribution in [-0.4, -0.2) is 105 Å². The number of aromatic nitrogens is 3. The molecule has 390 valence electrons. The summed E-state index contributed by atoms with van der Waals surface area (Å²) in [5, 5.41) is 13.5. The maximum absolute atomic E-state index is 14.4. The average molecular weight is 1050 g/mol. The first-order valence-corrected chi connectivity index (χ1v) is 25.1. The number of nitrogens with zero attached hydrogens (tertiary/aromatic N) is 5. The van der Waals surface area contributed by atoms with E-state index in [1.807, 2.05) is 89.5 Å². The van der Waals surface area contributed by atoms with Gasteiger partial charge in [0.1, 0.15) is 28.7 Å². The van der Waals surface area contributed by atoms with Gasteiger partial charge in [-0.05, 0) is 90.6 Å². The summed E-state index contributed by atoms with van der Waals surface area (Å²) in [7, 11) is -3.21. The van der Waals surface area contributed by atoms with E-state index in [0.29, 0.717) is 35.7 Å². The second-order valence-electron chi connectivity index (χ2n) is 19.1. The van der Waals surface area contributed by atoms with E-state index in [1.54, 1.807) is 65.8 Å². The normalized spacial score (nSPS) is 15.2. The Labute approximate surface area is 426 Å². The third kappa shape index (κ3) is 15.5. The highest BCUT2D eigenvalue weighted by molar-refractivity contribution is 7.80. The molecule has 1 aliphatic rings. The number of β-lactam (4-membered cyclic amide) rings is 1. The predicted octanol–water partition coefficient (Wildman–Crippen LogP) is 6.04. The lowest BCUT2D eigenvalue weighted by Crippen LogP contribution is -2.76. The highest BCUT2D eigenvalue weighted by atomic mass is 32.3. The number of anilines is 1. The smallest absolute Gasteiger partial charge is 0.418 e. The molecule has 5 aromatic rings. The van der Waals surface area contributed by atoms with Crippen molar-refractivity contribution >= 4 is 62.5 Å². The Balaban J connectivity index is 1.26. The van der Waals surface area contributed by atoms with Crippen LogP contribution in [0.5, 0.6) is 5.75 Å².